The highest BCUT2D eigenvalue weighted by Crippen LogP contribution is 2.12. The Bertz CT molecular complexity index is 418. The highest BCUT2D eigenvalue weighted by molar-refractivity contribution is 6.37. The molecule has 0 spiro atoms. The molecule has 0 aliphatic rings. The lowest BCUT2D eigenvalue weighted by Gasteiger charge is -2.08. The number of carbonyl (C=O) groups is 2. The third-order valence-electron chi connectivity index (χ3n) is 1.86. The molecule has 5 heteroatoms. The molecule has 0 aromatic heterocycles. The van der Waals surface area contributed by atoms with Gasteiger partial charge in [-0.15, -0.1) is 0 Å². The summed E-state index contributed by atoms with van der Waals surface area (Å²) < 4.78 is 17.9. The van der Waals surface area contributed by atoms with Crippen molar-refractivity contribution >= 4 is 17.6 Å². The van der Waals surface area contributed by atoms with E-state index in [2.05, 4.69) is 5.32 Å². The van der Waals surface area contributed by atoms with E-state index in [0.29, 0.717) is 0 Å². The van der Waals surface area contributed by atoms with Gasteiger partial charge in [0.2, 0.25) is 0 Å². The molecule has 0 radical (unpaired) electrons. The Labute approximate surface area is 98.8 Å². The number of halogens is 1. The molecule has 1 N–H and O–H groups in total. The summed E-state index contributed by atoms with van der Waals surface area (Å²) in [5.41, 5.74) is -0.0426. The van der Waals surface area contributed by atoms with Crippen LogP contribution in [0.25, 0.3) is 0 Å². The summed E-state index contributed by atoms with van der Waals surface area (Å²) in [6.07, 6.45) is 0. The van der Waals surface area contributed by atoms with E-state index in [0.717, 1.165) is 0 Å². The average molecular weight is 239 g/mol. The van der Waals surface area contributed by atoms with Gasteiger partial charge in [-0.2, -0.15) is 0 Å². The van der Waals surface area contributed by atoms with Gasteiger partial charge in [-0.1, -0.05) is 26.0 Å². The van der Waals surface area contributed by atoms with Crippen LogP contribution in [-0.4, -0.2) is 18.5 Å². The highest BCUT2D eigenvalue weighted by atomic mass is 19.1. The van der Waals surface area contributed by atoms with E-state index in [9.17, 15) is 14.0 Å². The minimum atomic E-state index is -1.01. The third kappa shape index (κ3) is 4.22. The van der Waals surface area contributed by atoms with E-state index in [4.69, 9.17) is 4.74 Å². The molecule has 0 heterocycles. The fourth-order valence-electron chi connectivity index (χ4n) is 1.04. The summed E-state index contributed by atoms with van der Waals surface area (Å²) in [6.45, 7) is 3.85. The van der Waals surface area contributed by atoms with Crippen LogP contribution in [0.2, 0.25) is 0 Å². The predicted molar refractivity (Wildman–Crippen MR) is 60.8 cm³/mol. The Hall–Kier alpha value is -1.91. The zero-order valence-electron chi connectivity index (χ0n) is 9.70. The smallest absolute Gasteiger partial charge is 0.397 e. The minimum absolute atomic E-state index is 0.0426. The number of anilines is 1. The van der Waals surface area contributed by atoms with Crippen LogP contribution in [0.15, 0.2) is 24.3 Å². The van der Waals surface area contributed by atoms with Crippen molar-refractivity contribution < 1.29 is 18.7 Å². The van der Waals surface area contributed by atoms with Gasteiger partial charge in [0.05, 0.1) is 12.3 Å². The molecule has 1 aromatic rings. The molecule has 0 fully saturated rings. The Balaban J connectivity index is 2.55. The van der Waals surface area contributed by atoms with Crippen molar-refractivity contribution in [2.24, 2.45) is 5.92 Å². The largest absolute Gasteiger partial charge is 0.458 e. The molecule has 4 nitrogen and oxygen atoms in total. The lowest BCUT2D eigenvalue weighted by Crippen LogP contribution is -2.26. The van der Waals surface area contributed by atoms with Crippen molar-refractivity contribution in [1.29, 1.82) is 0 Å². The first-order valence-electron chi connectivity index (χ1n) is 5.23. The maximum Gasteiger partial charge on any atom is 0.397 e. The molecular formula is C12H14FNO3. The van der Waals surface area contributed by atoms with Gasteiger partial charge in [-0.05, 0) is 18.1 Å². The molecule has 0 saturated heterocycles. The van der Waals surface area contributed by atoms with E-state index >= 15 is 0 Å². The molecule has 1 rings (SSSR count). The van der Waals surface area contributed by atoms with Crippen molar-refractivity contribution in [2.45, 2.75) is 13.8 Å². The summed E-state index contributed by atoms with van der Waals surface area (Å²) >= 11 is 0. The Morgan fingerprint density at radius 1 is 1.35 bits per heavy atom. The normalized spacial score (nSPS) is 10.1. The van der Waals surface area contributed by atoms with Crippen LogP contribution in [0.3, 0.4) is 0 Å². The van der Waals surface area contributed by atoms with E-state index in [1.807, 2.05) is 13.8 Å². The van der Waals surface area contributed by atoms with E-state index < -0.39 is 17.7 Å². The number of amides is 1. The van der Waals surface area contributed by atoms with E-state index in [1.165, 1.54) is 18.2 Å². The Morgan fingerprint density at radius 2 is 2.00 bits per heavy atom. The summed E-state index contributed by atoms with van der Waals surface area (Å²) in [7, 11) is 0. The van der Waals surface area contributed by atoms with Crippen LogP contribution < -0.4 is 5.32 Å². The topological polar surface area (TPSA) is 55.4 Å². The van der Waals surface area contributed by atoms with Gasteiger partial charge in [0.1, 0.15) is 5.82 Å². The van der Waals surface area contributed by atoms with Gasteiger partial charge in [-0.3, -0.25) is 4.79 Å². The van der Waals surface area contributed by atoms with Gasteiger partial charge in [0.25, 0.3) is 0 Å². The number of carbonyl (C=O) groups excluding carboxylic acids is 2. The molecule has 0 atom stereocenters. The maximum atomic E-state index is 13.2. The molecule has 0 bridgehead atoms. The van der Waals surface area contributed by atoms with E-state index in [1.54, 1.807) is 6.07 Å². The summed E-state index contributed by atoms with van der Waals surface area (Å²) in [5.74, 6) is -2.45. The van der Waals surface area contributed by atoms with Crippen molar-refractivity contribution in [3.05, 3.63) is 30.1 Å². The van der Waals surface area contributed by atoms with Crippen molar-refractivity contribution in [3.63, 3.8) is 0 Å². The van der Waals surface area contributed by atoms with Crippen molar-refractivity contribution in [1.82, 2.24) is 0 Å². The first-order chi connectivity index (χ1) is 8.00. The molecule has 1 amide bonds. The number of nitrogens with one attached hydrogen (secondary N) is 1. The number of hydrogen-bond donors (Lipinski definition) is 1. The lowest BCUT2D eigenvalue weighted by molar-refractivity contribution is -0.153. The molecule has 0 aliphatic heterocycles. The molecule has 92 valence electrons. The predicted octanol–water partition coefficient (Wildman–Crippen LogP) is 1.96. The zero-order chi connectivity index (χ0) is 12.8. The maximum absolute atomic E-state index is 13.2. The average Bonchev–Trinajstić information content (AvgIpc) is 2.28. The molecular weight excluding hydrogens is 225 g/mol. The SMILES string of the molecule is CC(C)COC(=O)C(=O)Nc1ccccc1F. The van der Waals surface area contributed by atoms with Crippen LogP contribution >= 0.6 is 0 Å². The highest BCUT2D eigenvalue weighted by Gasteiger charge is 2.17. The minimum Gasteiger partial charge on any atom is -0.458 e. The molecule has 1 aromatic carbocycles. The van der Waals surface area contributed by atoms with Crippen LogP contribution in [-0.2, 0) is 14.3 Å². The van der Waals surface area contributed by atoms with Gasteiger partial charge >= 0.3 is 11.9 Å². The van der Waals surface area contributed by atoms with Crippen LogP contribution in [0, 0.1) is 11.7 Å². The van der Waals surface area contributed by atoms with Crippen molar-refractivity contribution in [2.75, 3.05) is 11.9 Å². The molecule has 0 aliphatic carbocycles. The second-order valence-corrected chi connectivity index (χ2v) is 3.93. The van der Waals surface area contributed by atoms with Crippen molar-refractivity contribution in [3.8, 4) is 0 Å². The number of esters is 1. The number of benzene rings is 1. The first kappa shape index (κ1) is 13.2. The number of rotatable bonds is 3. The van der Waals surface area contributed by atoms with Gasteiger partial charge in [0, 0.05) is 0 Å². The lowest BCUT2D eigenvalue weighted by atomic mass is 10.2. The zero-order valence-corrected chi connectivity index (χ0v) is 9.70. The third-order valence-corrected chi connectivity index (χ3v) is 1.86. The van der Waals surface area contributed by atoms with Crippen LogP contribution in [0.1, 0.15) is 13.8 Å². The Morgan fingerprint density at radius 3 is 2.59 bits per heavy atom. The van der Waals surface area contributed by atoms with Crippen LogP contribution in [0.5, 0.6) is 0 Å². The summed E-state index contributed by atoms with van der Waals surface area (Å²) in [6, 6.07) is 5.60. The fraction of sp³-hybridized carbons (Fsp3) is 0.333. The second-order valence-electron chi connectivity index (χ2n) is 3.93. The number of ether oxygens (including phenoxy) is 1. The van der Waals surface area contributed by atoms with Crippen LogP contribution in [0.4, 0.5) is 10.1 Å². The number of para-hydroxylation sites is 1. The quantitative estimate of drug-likeness (QED) is 0.648. The molecule has 0 saturated carbocycles. The molecule has 0 unspecified atom stereocenters. The summed E-state index contributed by atoms with van der Waals surface area (Å²) in [5, 5.41) is 2.15. The fourth-order valence-corrected chi connectivity index (χ4v) is 1.04. The number of hydrogen-bond acceptors (Lipinski definition) is 3. The summed E-state index contributed by atoms with van der Waals surface area (Å²) in [4.78, 5) is 22.5. The second kappa shape index (κ2) is 5.98. The van der Waals surface area contributed by atoms with Gasteiger partial charge in [0.15, 0.2) is 0 Å². The monoisotopic (exact) mass is 239 g/mol. The van der Waals surface area contributed by atoms with Gasteiger partial charge in [-0.25, -0.2) is 9.18 Å². The standard InChI is InChI=1S/C12H14FNO3/c1-8(2)7-17-12(16)11(15)14-10-6-4-3-5-9(10)13/h3-6,8H,7H2,1-2H3,(H,14,15). The van der Waals surface area contributed by atoms with Gasteiger partial charge < -0.3 is 10.1 Å². The molecule has 17 heavy (non-hydrogen) atoms. The Kier molecular flexibility index (Phi) is 4.63. The van der Waals surface area contributed by atoms with E-state index in [-0.39, 0.29) is 18.2 Å². The first-order valence-corrected chi connectivity index (χ1v) is 5.23.